The van der Waals surface area contributed by atoms with Gasteiger partial charge in [-0.05, 0) is 46.2 Å². The maximum Gasteiger partial charge on any atom is 0.116 e. The van der Waals surface area contributed by atoms with Crippen molar-refractivity contribution >= 4 is 10.8 Å². The monoisotopic (exact) mass is 314 g/mol. The summed E-state index contributed by atoms with van der Waals surface area (Å²) in [5.41, 5.74) is 2.17. The van der Waals surface area contributed by atoms with Gasteiger partial charge in [0, 0.05) is 0 Å². The van der Waals surface area contributed by atoms with Crippen LogP contribution in [0, 0.1) is 0 Å². The summed E-state index contributed by atoms with van der Waals surface area (Å²) in [6, 6.07) is 30.6. The van der Waals surface area contributed by atoms with Crippen molar-refractivity contribution in [2.24, 2.45) is 0 Å². The minimum absolute atomic E-state index is 0.307. The zero-order valence-electron chi connectivity index (χ0n) is 13.1. The van der Waals surface area contributed by atoms with Crippen LogP contribution in [0.25, 0.3) is 21.9 Å². The number of hydrogen-bond donors (Lipinski definition) is 2. The minimum Gasteiger partial charge on any atom is -0.508 e. The van der Waals surface area contributed by atoms with Gasteiger partial charge in [0.1, 0.15) is 11.5 Å². The second-order valence-corrected chi connectivity index (χ2v) is 5.45. The molecule has 0 saturated carbocycles. The Balaban J connectivity index is 0.000000143. The van der Waals surface area contributed by atoms with Crippen LogP contribution in [-0.2, 0) is 0 Å². The first-order chi connectivity index (χ1) is 11.7. The highest BCUT2D eigenvalue weighted by Gasteiger charge is 1.96. The number of fused-ring (bicyclic) bond motifs is 1. The Labute approximate surface area is 141 Å². The van der Waals surface area contributed by atoms with Gasteiger partial charge in [0.05, 0.1) is 0 Å². The van der Waals surface area contributed by atoms with E-state index in [1.165, 1.54) is 0 Å². The number of benzene rings is 4. The Hall–Kier alpha value is -3.26. The van der Waals surface area contributed by atoms with Crippen molar-refractivity contribution in [3.8, 4) is 22.6 Å². The molecule has 0 saturated heterocycles. The fourth-order valence-corrected chi connectivity index (χ4v) is 2.49. The smallest absolute Gasteiger partial charge is 0.116 e. The van der Waals surface area contributed by atoms with E-state index in [1.54, 1.807) is 24.3 Å². The summed E-state index contributed by atoms with van der Waals surface area (Å²) in [6.07, 6.45) is 0. The fraction of sp³-hybridized carbons (Fsp3) is 0. The van der Waals surface area contributed by atoms with Crippen molar-refractivity contribution < 1.29 is 10.2 Å². The lowest BCUT2D eigenvalue weighted by molar-refractivity contribution is 0.475. The van der Waals surface area contributed by atoms with Gasteiger partial charge in [-0.3, -0.25) is 0 Å². The molecule has 0 unspecified atom stereocenters. The zero-order chi connectivity index (χ0) is 16.8. The van der Waals surface area contributed by atoms with Crippen LogP contribution < -0.4 is 0 Å². The molecule has 0 aliphatic rings. The van der Waals surface area contributed by atoms with Crippen LogP contribution >= 0.6 is 0 Å². The molecular formula is C22H18O2. The Bertz CT molecular complexity index is 930. The molecule has 0 aromatic heterocycles. The Morgan fingerprint density at radius 1 is 0.417 bits per heavy atom. The third kappa shape index (κ3) is 3.93. The Morgan fingerprint density at radius 3 is 1.79 bits per heavy atom. The topological polar surface area (TPSA) is 40.5 Å². The number of phenolic OH excluding ortho intramolecular Hbond substituents is 2. The van der Waals surface area contributed by atoms with Gasteiger partial charge in [0.2, 0.25) is 0 Å². The number of aromatic hydroxyl groups is 2. The molecule has 0 heterocycles. The molecular weight excluding hydrogens is 296 g/mol. The first-order valence-electron chi connectivity index (χ1n) is 7.74. The third-order valence-electron chi connectivity index (χ3n) is 3.69. The van der Waals surface area contributed by atoms with Gasteiger partial charge in [-0.1, -0.05) is 72.8 Å². The molecule has 0 radical (unpaired) electrons. The summed E-state index contributed by atoms with van der Waals surface area (Å²) >= 11 is 0. The van der Waals surface area contributed by atoms with Crippen molar-refractivity contribution in [1.29, 1.82) is 0 Å². The van der Waals surface area contributed by atoms with Crippen LogP contribution in [0.15, 0.2) is 97.1 Å². The van der Waals surface area contributed by atoms with Crippen molar-refractivity contribution in [1.82, 2.24) is 0 Å². The second-order valence-electron chi connectivity index (χ2n) is 5.45. The minimum atomic E-state index is 0.307. The summed E-state index contributed by atoms with van der Waals surface area (Å²) < 4.78 is 0. The lowest BCUT2D eigenvalue weighted by Gasteiger charge is -2.00. The van der Waals surface area contributed by atoms with Crippen LogP contribution in [0.2, 0.25) is 0 Å². The standard InChI is InChI=1S/C12H10O.C10H8O/c13-12-8-4-7-11(9-12)10-5-2-1-3-6-10;11-10-6-5-8-3-1-2-4-9(8)7-10/h1-9,13H;1-7,11H. The van der Waals surface area contributed by atoms with Crippen LogP contribution in [-0.4, -0.2) is 10.2 Å². The molecule has 0 aliphatic heterocycles. The van der Waals surface area contributed by atoms with Crippen LogP contribution in [0.5, 0.6) is 11.5 Å². The molecule has 0 fully saturated rings. The first-order valence-corrected chi connectivity index (χ1v) is 7.74. The Kier molecular flexibility index (Phi) is 4.78. The lowest BCUT2D eigenvalue weighted by atomic mass is 10.1. The molecule has 2 heteroatoms. The van der Waals surface area contributed by atoms with E-state index in [1.807, 2.05) is 72.8 Å². The summed E-state index contributed by atoms with van der Waals surface area (Å²) in [6.45, 7) is 0. The molecule has 4 rings (SSSR count). The van der Waals surface area contributed by atoms with Gasteiger partial charge in [0.15, 0.2) is 0 Å². The van der Waals surface area contributed by atoms with E-state index in [0.717, 1.165) is 21.9 Å². The quantitative estimate of drug-likeness (QED) is 0.480. The lowest BCUT2D eigenvalue weighted by Crippen LogP contribution is -1.75. The second kappa shape index (κ2) is 7.34. The average Bonchev–Trinajstić information content (AvgIpc) is 2.63. The van der Waals surface area contributed by atoms with Gasteiger partial charge >= 0.3 is 0 Å². The van der Waals surface area contributed by atoms with E-state index in [9.17, 15) is 5.11 Å². The molecule has 0 aliphatic carbocycles. The number of hydrogen-bond acceptors (Lipinski definition) is 2. The highest BCUT2D eigenvalue weighted by atomic mass is 16.3. The zero-order valence-corrected chi connectivity index (χ0v) is 13.1. The van der Waals surface area contributed by atoms with Crippen LogP contribution in [0.3, 0.4) is 0 Å². The highest BCUT2D eigenvalue weighted by Crippen LogP contribution is 2.22. The van der Waals surface area contributed by atoms with Crippen molar-refractivity contribution in [2.75, 3.05) is 0 Å². The predicted molar refractivity (Wildman–Crippen MR) is 99.2 cm³/mol. The molecule has 0 amide bonds. The Morgan fingerprint density at radius 2 is 1.04 bits per heavy atom. The maximum atomic E-state index is 9.27. The molecule has 2 nitrogen and oxygen atoms in total. The van der Waals surface area contributed by atoms with Crippen molar-refractivity contribution in [3.63, 3.8) is 0 Å². The molecule has 4 aromatic rings. The molecule has 4 aromatic carbocycles. The molecule has 24 heavy (non-hydrogen) atoms. The van der Waals surface area contributed by atoms with Crippen molar-refractivity contribution in [3.05, 3.63) is 97.1 Å². The van der Waals surface area contributed by atoms with Gasteiger partial charge in [0.25, 0.3) is 0 Å². The third-order valence-corrected chi connectivity index (χ3v) is 3.69. The van der Waals surface area contributed by atoms with E-state index >= 15 is 0 Å². The number of phenols is 2. The summed E-state index contributed by atoms with van der Waals surface area (Å²) in [5, 5.41) is 20.6. The normalized spacial score (nSPS) is 10.0. The number of rotatable bonds is 1. The van der Waals surface area contributed by atoms with Gasteiger partial charge in [-0.15, -0.1) is 0 Å². The fourth-order valence-electron chi connectivity index (χ4n) is 2.49. The van der Waals surface area contributed by atoms with Gasteiger partial charge in [-0.25, -0.2) is 0 Å². The maximum absolute atomic E-state index is 9.27. The van der Waals surface area contributed by atoms with E-state index in [-0.39, 0.29) is 0 Å². The molecule has 118 valence electrons. The summed E-state index contributed by atoms with van der Waals surface area (Å²) in [4.78, 5) is 0. The summed E-state index contributed by atoms with van der Waals surface area (Å²) in [7, 11) is 0. The van der Waals surface area contributed by atoms with Crippen molar-refractivity contribution in [2.45, 2.75) is 0 Å². The van der Waals surface area contributed by atoms with E-state index in [2.05, 4.69) is 0 Å². The van der Waals surface area contributed by atoms with Gasteiger partial charge < -0.3 is 10.2 Å². The molecule has 0 bridgehead atoms. The molecule has 0 atom stereocenters. The van der Waals surface area contributed by atoms with Crippen LogP contribution in [0.1, 0.15) is 0 Å². The predicted octanol–water partition coefficient (Wildman–Crippen LogP) is 5.60. The first kappa shape index (κ1) is 15.6. The van der Waals surface area contributed by atoms with E-state index < -0.39 is 0 Å². The highest BCUT2D eigenvalue weighted by molar-refractivity contribution is 5.83. The van der Waals surface area contributed by atoms with Crippen LogP contribution in [0.4, 0.5) is 0 Å². The van der Waals surface area contributed by atoms with E-state index in [4.69, 9.17) is 5.11 Å². The largest absolute Gasteiger partial charge is 0.508 e. The molecule has 2 N–H and O–H groups in total. The van der Waals surface area contributed by atoms with Gasteiger partial charge in [-0.2, -0.15) is 0 Å². The summed E-state index contributed by atoms with van der Waals surface area (Å²) in [5.74, 6) is 0.630. The SMILES string of the molecule is Oc1ccc2ccccc2c1.Oc1cccc(-c2ccccc2)c1. The van der Waals surface area contributed by atoms with E-state index in [0.29, 0.717) is 11.5 Å². The average molecular weight is 314 g/mol. The molecule has 0 spiro atoms.